The molecule has 0 radical (unpaired) electrons. The van der Waals surface area contributed by atoms with Crippen LogP contribution in [0.15, 0.2) is 85.2 Å². The number of carbonyl (C=O) groups is 4. The molecular weight excluding hydrogens is 1260 g/mol. The highest BCUT2D eigenvalue weighted by Crippen LogP contribution is 2.43. The number of nitrogens with one attached hydrogen (secondary N) is 2. The van der Waals surface area contributed by atoms with Crippen LogP contribution in [0.4, 0.5) is 47.8 Å². The molecule has 0 saturated carbocycles. The Morgan fingerprint density at radius 2 is 1.03 bits per heavy atom. The van der Waals surface area contributed by atoms with Crippen LogP contribution in [0.5, 0.6) is 11.8 Å². The van der Waals surface area contributed by atoms with Gasteiger partial charge in [0.15, 0.2) is 0 Å². The number of nitrogens with two attached hydrogens (primary N) is 2. The minimum Gasteiger partial charge on any atom is -0.480 e. The number of aromatic nitrogens is 8. The minimum absolute atomic E-state index is 0.0122. The van der Waals surface area contributed by atoms with Crippen LogP contribution in [-0.2, 0) is 23.8 Å². The van der Waals surface area contributed by atoms with E-state index in [-0.39, 0.29) is 86.8 Å². The summed E-state index contributed by atoms with van der Waals surface area (Å²) in [6, 6.07) is 11.7. The van der Waals surface area contributed by atoms with E-state index < -0.39 is 72.0 Å². The highest BCUT2D eigenvalue weighted by Gasteiger charge is 2.47. The van der Waals surface area contributed by atoms with Crippen molar-refractivity contribution in [2.24, 2.45) is 11.8 Å². The number of carboxylic acid groups (broad SMARTS) is 1. The monoisotopic (exact) mass is 1330 g/mol. The molecule has 6 atom stereocenters. The first-order valence-corrected chi connectivity index (χ1v) is 29.9. The van der Waals surface area contributed by atoms with Gasteiger partial charge < -0.3 is 50.9 Å². The Hall–Kier alpha value is -8.66. The van der Waals surface area contributed by atoms with Crippen LogP contribution in [0.1, 0.15) is 146 Å². The molecule has 22 nitrogen and oxygen atoms in total. The number of amides is 2. The SMILES string of the molecule is CCOC(=O)[C@H](CC1CC=C(c2cc(O[C@H](c3ccc(Cl)cc3-n3ccc(C)n3)C(F)(F)F)nc(N)n2)CC1)NC(=O)OC(C)(C)C.Cc1ccn(-c2cc(Cl)ccc2[C@@H](Oc2cc(C3=CCC(C[C@H](NC(=O)OC(C)(C)C)C(=O)O)CC3)nc(N)n2)C(F)(F)F)n1. The van der Waals surface area contributed by atoms with Crippen LogP contribution in [0, 0.1) is 25.7 Å². The maximum atomic E-state index is 14.5. The smallest absolute Gasteiger partial charge is 0.429 e. The molecule has 0 spiro atoms. The van der Waals surface area contributed by atoms with Gasteiger partial charge in [0.1, 0.15) is 23.3 Å². The van der Waals surface area contributed by atoms with E-state index in [2.05, 4.69) is 40.8 Å². The highest BCUT2D eigenvalue weighted by atomic mass is 35.5. The van der Waals surface area contributed by atoms with Crippen molar-refractivity contribution in [2.45, 2.75) is 162 Å². The fourth-order valence-electron chi connectivity index (χ4n) is 10.1. The Balaban J connectivity index is 0.000000261. The molecule has 0 fully saturated rings. The number of alkyl carbamates (subject to hydrolysis) is 2. The second-order valence-electron chi connectivity index (χ2n) is 23.9. The van der Waals surface area contributed by atoms with Crippen LogP contribution in [0.2, 0.25) is 10.0 Å². The molecule has 4 aromatic heterocycles. The number of esters is 1. The average Bonchev–Trinajstić information content (AvgIpc) is 1.24. The molecule has 0 saturated heterocycles. The first-order chi connectivity index (χ1) is 43.0. The summed E-state index contributed by atoms with van der Waals surface area (Å²) in [5, 5.41) is 23.6. The van der Waals surface area contributed by atoms with Gasteiger partial charge in [0.2, 0.25) is 35.9 Å². The number of anilines is 2. The number of benzene rings is 2. The summed E-state index contributed by atoms with van der Waals surface area (Å²) in [6.45, 7) is 15.4. The number of hydrogen-bond donors (Lipinski definition) is 5. The van der Waals surface area contributed by atoms with Gasteiger partial charge >= 0.3 is 36.5 Å². The van der Waals surface area contributed by atoms with E-state index in [0.717, 1.165) is 5.57 Å². The van der Waals surface area contributed by atoms with E-state index in [4.69, 9.17) is 58.4 Å². The second kappa shape index (κ2) is 29.7. The fourth-order valence-corrected chi connectivity index (χ4v) is 10.4. The minimum atomic E-state index is -4.85. The Bertz CT molecular complexity index is 3680. The summed E-state index contributed by atoms with van der Waals surface area (Å²) < 4.78 is 116. The van der Waals surface area contributed by atoms with Crippen LogP contribution < -0.4 is 31.6 Å². The van der Waals surface area contributed by atoms with Crippen molar-refractivity contribution >= 4 is 70.4 Å². The van der Waals surface area contributed by atoms with Gasteiger partial charge in [-0.05, 0) is 173 Å². The molecule has 0 aliphatic heterocycles. The lowest BCUT2D eigenvalue weighted by atomic mass is 9.84. The number of halogens is 8. The first kappa shape index (κ1) is 70.8. The molecule has 2 aromatic carbocycles. The van der Waals surface area contributed by atoms with Crippen molar-refractivity contribution in [3.05, 3.63) is 129 Å². The average molecular weight is 1330 g/mol. The van der Waals surface area contributed by atoms with Gasteiger partial charge in [-0.15, -0.1) is 0 Å². The fraction of sp³-hybridized carbons (Fsp3) is 0.452. The van der Waals surface area contributed by atoms with Gasteiger partial charge in [0.25, 0.3) is 0 Å². The largest absolute Gasteiger partial charge is 0.480 e. The normalized spacial score (nSPS) is 16.7. The summed E-state index contributed by atoms with van der Waals surface area (Å²) >= 11 is 12.3. The Morgan fingerprint density at radius 1 is 0.630 bits per heavy atom. The molecule has 92 heavy (non-hydrogen) atoms. The number of rotatable bonds is 19. The predicted molar refractivity (Wildman–Crippen MR) is 329 cm³/mol. The lowest BCUT2D eigenvalue weighted by molar-refractivity contribution is -0.199. The Labute approximate surface area is 536 Å². The van der Waals surface area contributed by atoms with Gasteiger partial charge in [-0.2, -0.15) is 46.5 Å². The molecule has 0 bridgehead atoms. The number of aliphatic carboxylic acids is 1. The summed E-state index contributed by atoms with van der Waals surface area (Å²) in [5.41, 5.74) is 13.3. The standard InChI is InChI=1S/C32H38ClF3N6O5.C30H34ClF3N6O5/c1-6-45-28(43)24(39-30(44)47-31(3,4)5)15-19-7-9-20(10-8-19)23-17-26(40-29(37)38-23)46-27(32(34,35)36)22-12-11-21(33)16-25(22)42-14-13-18(2)41-42;1-16-11-12-40(39-16)23-14-19(31)9-10-20(23)25(30(32,33)34)44-24-15-21(36-27(35)38-24)18-7-5-17(6-8-18)13-22(26(41)42)37-28(43)45-29(2,3)4/h9,11-14,16-17,19,24,27H,6-8,10,15H2,1-5H3,(H,39,44)(H2,37,38,40);7,9-12,14-15,17,22,25H,5-6,8,13H2,1-4H3,(H,37,43)(H,41,42)(H2,35,36,38)/t19?,24-,27+;17?,22-,25+/m00/s1. The quantitative estimate of drug-likeness (QED) is 0.0286. The van der Waals surface area contributed by atoms with Crippen LogP contribution >= 0.6 is 23.2 Å². The number of ether oxygens (including phenoxy) is 5. The zero-order chi connectivity index (χ0) is 67.6. The third-order valence-corrected chi connectivity index (χ3v) is 14.6. The number of hydrogen-bond acceptors (Lipinski definition) is 17. The zero-order valence-electron chi connectivity index (χ0n) is 51.8. The van der Waals surface area contributed by atoms with E-state index in [1.165, 1.54) is 70.3 Å². The number of aryl methyl sites for hydroxylation is 2. The lowest BCUT2D eigenvalue weighted by Gasteiger charge is -2.27. The maximum absolute atomic E-state index is 14.5. The van der Waals surface area contributed by atoms with E-state index >= 15 is 0 Å². The molecule has 496 valence electrons. The molecule has 2 amide bonds. The van der Waals surface area contributed by atoms with Crippen LogP contribution in [-0.4, -0.2) is 111 Å². The third-order valence-electron chi connectivity index (χ3n) is 14.1. The molecule has 7 N–H and O–H groups in total. The number of alkyl halides is 6. The number of carboxylic acids is 1. The highest BCUT2D eigenvalue weighted by molar-refractivity contribution is 6.31. The van der Waals surface area contributed by atoms with Crippen molar-refractivity contribution in [2.75, 3.05) is 18.1 Å². The van der Waals surface area contributed by atoms with Crippen molar-refractivity contribution in [1.29, 1.82) is 0 Å². The number of nitrogen functional groups attached to an aromatic ring is 2. The molecule has 2 aliphatic carbocycles. The van der Waals surface area contributed by atoms with Gasteiger partial charge in [-0.25, -0.2) is 38.5 Å². The number of allylic oxidation sites excluding steroid dienone is 4. The van der Waals surface area contributed by atoms with Gasteiger partial charge in [0, 0.05) is 45.7 Å². The Kier molecular flexibility index (Phi) is 22.9. The molecule has 8 rings (SSSR count). The zero-order valence-corrected chi connectivity index (χ0v) is 53.3. The first-order valence-electron chi connectivity index (χ1n) is 29.2. The molecule has 4 heterocycles. The number of nitrogens with zero attached hydrogens (tertiary/aromatic N) is 8. The summed E-state index contributed by atoms with van der Waals surface area (Å²) in [6.07, 6.45) is -5.90. The Morgan fingerprint density at radius 3 is 1.37 bits per heavy atom. The van der Waals surface area contributed by atoms with Crippen molar-refractivity contribution in [3.8, 4) is 23.1 Å². The van der Waals surface area contributed by atoms with E-state index in [1.807, 2.05) is 12.2 Å². The molecule has 2 unspecified atom stereocenters. The molecule has 2 aliphatic rings. The summed E-state index contributed by atoms with van der Waals surface area (Å²) in [5.74, 6) is -3.14. The molecule has 6 aromatic rings. The van der Waals surface area contributed by atoms with Crippen LogP contribution in [0.3, 0.4) is 0 Å². The molecular formula is C62H72Cl2F6N12O10. The third kappa shape index (κ3) is 20.4. The maximum Gasteiger partial charge on any atom is 0.429 e. The van der Waals surface area contributed by atoms with Crippen LogP contribution in [0.25, 0.3) is 22.5 Å². The van der Waals surface area contributed by atoms with Crippen molar-refractivity contribution in [1.82, 2.24) is 50.1 Å². The van der Waals surface area contributed by atoms with Gasteiger partial charge in [0.05, 0.1) is 40.8 Å². The van der Waals surface area contributed by atoms with Crippen molar-refractivity contribution < 1.29 is 74.3 Å². The van der Waals surface area contributed by atoms with E-state index in [0.29, 0.717) is 67.6 Å². The predicted octanol–water partition coefficient (Wildman–Crippen LogP) is 13.4. The van der Waals surface area contributed by atoms with Crippen molar-refractivity contribution in [3.63, 3.8) is 0 Å². The second-order valence-corrected chi connectivity index (χ2v) is 24.8. The summed E-state index contributed by atoms with van der Waals surface area (Å²) in [7, 11) is 0. The van der Waals surface area contributed by atoms with Gasteiger partial charge in [-0.1, -0.05) is 47.5 Å². The topological polar surface area (TPSA) is 298 Å². The number of carbonyl (C=O) groups excluding carboxylic acids is 3. The van der Waals surface area contributed by atoms with E-state index in [9.17, 15) is 50.6 Å². The lowest BCUT2D eigenvalue weighted by Crippen LogP contribution is -2.45. The molecule has 30 heteroatoms. The van der Waals surface area contributed by atoms with Gasteiger partial charge in [-0.3, -0.25) is 0 Å². The van der Waals surface area contributed by atoms with E-state index in [1.54, 1.807) is 74.4 Å². The summed E-state index contributed by atoms with van der Waals surface area (Å²) in [4.78, 5) is 65.2.